The van der Waals surface area contributed by atoms with Gasteiger partial charge in [0.05, 0.1) is 11.4 Å². The minimum Gasteiger partial charge on any atom is -0.394 e. The van der Waals surface area contributed by atoms with E-state index in [1.807, 2.05) is 11.7 Å². The second-order valence-electron chi connectivity index (χ2n) is 5.12. The Hall–Kier alpha value is -1.23. The Morgan fingerprint density at radius 1 is 1.05 bits per heavy atom. The molecule has 0 unspecified atom stereocenters. The van der Waals surface area contributed by atoms with Crippen LogP contribution in [0.4, 0.5) is 11.5 Å². The molecule has 0 radical (unpaired) electrons. The van der Waals surface area contributed by atoms with Crippen molar-refractivity contribution >= 4 is 11.5 Å². The standard InChI is InChI=1S/C15H31N5/c1-6-13-14(16)15(18(5)17-13)20(9-4)12-10-11-19(7-2)8-3/h6-12,16H2,1-5H3. The highest BCUT2D eigenvalue weighted by Crippen LogP contribution is 2.26. The van der Waals surface area contributed by atoms with Gasteiger partial charge in [-0.25, -0.2) is 0 Å². The number of hydrogen-bond acceptors (Lipinski definition) is 4. The average molecular weight is 281 g/mol. The van der Waals surface area contributed by atoms with Gasteiger partial charge < -0.3 is 15.5 Å². The third-order valence-electron chi connectivity index (χ3n) is 3.94. The fourth-order valence-electron chi connectivity index (χ4n) is 2.66. The SMILES string of the molecule is CCc1nn(C)c(N(CC)CCCN(CC)CC)c1N. The van der Waals surface area contributed by atoms with Gasteiger partial charge in [-0.1, -0.05) is 20.8 Å². The lowest BCUT2D eigenvalue weighted by atomic mass is 10.2. The molecule has 20 heavy (non-hydrogen) atoms. The number of aromatic nitrogens is 2. The third-order valence-corrected chi connectivity index (χ3v) is 3.94. The predicted octanol–water partition coefficient (Wildman–Crippen LogP) is 2.12. The van der Waals surface area contributed by atoms with Crippen LogP contribution in [0.2, 0.25) is 0 Å². The normalized spacial score (nSPS) is 11.3. The minimum atomic E-state index is 0.847. The molecule has 5 nitrogen and oxygen atoms in total. The Labute approximate surface area is 123 Å². The van der Waals surface area contributed by atoms with Gasteiger partial charge in [-0.2, -0.15) is 5.10 Å². The molecule has 0 aliphatic heterocycles. The van der Waals surface area contributed by atoms with E-state index < -0.39 is 0 Å². The molecule has 1 aromatic heterocycles. The van der Waals surface area contributed by atoms with E-state index in [1.54, 1.807) is 0 Å². The average Bonchev–Trinajstić information content (AvgIpc) is 2.74. The Kier molecular flexibility index (Phi) is 6.85. The molecule has 0 saturated heterocycles. The molecule has 0 saturated carbocycles. The second kappa shape index (κ2) is 8.15. The van der Waals surface area contributed by atoms with Gasteiger partial charge in [-0.15, -0.1) is 0 Å². The van der Waals surface area contributed by atoms with Gasteiger partial charge in [0.1, 0.15) is 5.82 Å². The fourth-order valence-corrected chi connectivity index (χ4v) is 2.66. The summed E-state index contributed by atoms with van der Waals surface area (Å²) in [5.41, 5.74) is 8.09. The van der Waals surface area contributed by atoms with Crippen molar-refractivity contribution in [2.75, 3.05) is 43.4 Å². The number of anilines is 2. The highest BCUT2D eigenvalue weighted by molar-refractivity contribution is 5.66. The zero-order chi connectivity index (χ0) is 15.1. The smallest absolute Gasteiger partial charge is 0.150 e. The lowest BCUT2D eigenvalue weighted by Crippen LogP contribution is -2.31. The molecular formula is C15H31N5. The van der Waals surface area contributed by atoms with Crippen molar-refractivity contribution in [3.63, 3.8) is 0 Å². The van der Waals surface area contributed by atoms with Crippen LogP contribution in [-0.2, 0) is 13.5 Å². The van der Waals surface area contributed by atoms with Crippen molar-refractivity contribution in [2.45, 2.75) is 40.5 Å². The Morgan fingerprint density at radius 2 is 1.70 bits per heavy atom. The molecule has 0 amide bonds. The van der Waals surface area contributed by atoms with Crippen LogP contribution in [0.3, 0.4) is 0 Å². The van der Waals surface area contributed by atoms with Crippen LogP contribution in [0.15, 0.2) is 0 Å². The van der Waals surface area contributed by atoms with E-state index in [0.29, 0.717) is 0 Å². The van der Waals surface area contributed by atoms with Gasteiger partial charge in [0.2, 0.25) is 0 Å². The summed E-state index contributed by atoms with van der Waals surface area (Å²) in [5, 5.41) is 4.51. The van der Waals surface area contributed by atoms with E-state index in [2.05, 4.69) is 42.6 Å². The summed E-state index contributed by atoms with van der Waals surface area (Å²) in [5.74, 6) is 1.07. The molecule has 5 heteroatoms. The number of hydrogen-bond donors (Lipinski definition) is 1. The number of aryl methyl sites for hydroxylation is 2. The Balaban J connectivity index is 2.69. The number of rotatable bonds is 9. The van der Waals surface area contributed by atoms with E-state index >= 15 is 0 Å². The fraction of sp³-hybridized carbons (Fsp3) is 0.800. The quantitative estimate of drug-likeness (QED) is 0.753. The first-order chi connectivity index (χ1) is 9.58. The lowest BCUT2D eigenvalue weighted by molar-refractivity contribution is 0.300. The Bertz CT molecular complexity index is 395. The molecule has 0 fully saturated rings. The van der Waals surface area contributed by atoms with Gasteiger partial charge in [0, 0.05) is 20.1 Å². The number of nitrogens with two attached hydrogens (primary N) is 1. The van der Waals surface area contributed by atoms with Crippen LogP contribution in [0.1, 0.15) is 39.8 Å². The van der Waals surface area contributed by atoms with Gasteiger partial charge in [-0.3, -0.25) is 4.68 Å². The molecule has 1 rings (SSSR count). The molecule has 0 spiro atoms. The van der Waals surface area contributed by atoms with Crippen molar-refractivity contribution in [3.05, 3.63) is 5.69 Å². The number of nitrogens with zero attached hydrogens (tertiary/aromatic N) is 4. The molecule has 0 aromatic carbocycles. The topological polar surface area (TPSA) is 50.3 Å². The summed E-state index contributed by atoms with van der Waals surface area (Å²) in [6.45, 7) is 14.1. The second-order valence-corrected chi connectivity index (χ2v) is 5.12. The van der Waals surface area contributed by atoms with Gasteiger partial charge >= 0.3 is 0 Å². The van der Waals surface area contributed by atoms with E-state index in [-0.39, 0.29) is 0 Å². The van der Waals surface area contributed by atoms with Gasteiger partial charge in [0.25, 0.3) is 0 Å². The van der Waals surface area contributed by atoms with Crippen LogP contribution >= 0.6 is 0 Å². The maximum atomic E-state index is 6.24. The molecule has 0 atom stereocenters. The highest BCUT2D eigenvalue weighted by Gasteiger charge is 2.17. The van der Waals surface area contributed by atoms with E-state index in [9.17, 15) is 0 Å². The summed E-state index contributed by atoms with van der Waals surface area (Å²) in [7, 11) is 1.98. The van der Waals surface area contributed by atoms with E-state index in [0.717, 1.165) is 62.8 Å². The summed E-state index contributed by atoms with van der Waals surface area (Å²) in [6.07, 6.45) is 2.04. The largest absolute Gasteiger partial charge is 0.394 e. The van der Waals surface area contributed by atoms with Crippen molar-refractivity contribution < 1.29 is 0 Å². The molecule has 0 aliphatic carbocycles. The van der Waals surface area contributed by atoms with Crippen LogP contribution in [0.5, 0.6) is 0 Å². The first-order valence-electron chi connectivity index (χ1n) is 7.87. The molecule has 0 bridgehead atoms. The number of nitrogen functional groups attached to an aromatic ring is 1. The van der Waals surface area contributed by atoms with Crippen molar-refractivity contribution in [1.29, 1.82) is 0 Å². The highest BCUT2D eigenvalue weighted by atomic mass is 15.4. The zero-order valence-corrected chi connectivity index (χ0v) is 13.8. The predicted molar refractivity (Wildman–Crippen MR) is 87.3 cm³/mol. The van der Waals surface area contributed by atoms with Crippen LogP contribution in [0.25, 0.3) is 0 Å². The molecular weight excluding hydrogens is 250 g/mol. The third kappa shape index (κ3) is 3.88. The molecule has 0 aliphatic rings. The summed E-state index contributed by atoms with van der Waals surface area (Å²) in [4.78, 5) is 4.79. The van der Waals surface area contributed by atoms with Crippen LogP contribution in [0, 0.1) is 0 Å². The zero-order valence-electron chi connectivity index (χ0n) is 13.8. The first kappa shape index (κ1) is 16.8. The summed E-state index contributed by atoms with van der Waals surface area (Å²) in [6, 6.07) is 0. The van der Waals surface area contributed by atoms with Gasteiger partial charge in [0.15, 0.2) is 0 Å². The minimum absolute atomic E-state index is 0.847. The molecule has 1 heterocycles. The lowest BCUT2D eigenvalue weighted by Gasteiger charge is -2.25. The summed E-state index contributed by atoms with van der Waals surface area (Å²) < 4.78 is 1.93. The van der Waals surface area contributed by atoms with Gasteiger partial charge in [-0.05, 0) is 39.4 Å². The molecule has 1 aromatic rings. The van der Waals surface area contributed by atoms with Crippen LogP contribution in [-0.4, -0.2) is 47.4 Å². The van der Waals surface area contributed by atoms with E-state index in [4.69, 9.17) is 5.73 Å². The molecule has 2 N–H and O–H groups in total. The Morgan fingerprint density at radius 3 is 2.15 bits per heavy atom. The van der Waals surface area contributed by atoms with Crippen molar-refractivity contribution in [3.8, 4) is 0 Å². The van der Waals surface area contributed by atoms with E-state index in [1.165, 1.54) is 0 Å². The monoisotopic (exact) mass is 281 g/mol. The maximum absolute atomic E-state index is 6.24. The summed E-state index contributed by atoms with van der Waals surface area (Å²) >= 11 is 0. The molecule has 116 valence electrons. The van der Waals surface area contributed by atoms with Crippen molar-refractivity contribution in [2.24, 2.45) is 7.05 Å². The van der Waals surface area contributed by atoms with Crippen molar-refractivity contribution in [1.82, 2.24) is 14.7 Å². The maximum Gasteiger partial charge on any atom is 0.150 e. The first-order valence-corrected chi connectivity index (χ1v) is 7.87. The van der Waals surface area contributed by atoms with Crippen LogP contribution < -0.4 is 10.6 Å².